The SMILES string of the molecule is CCOc1cncc(C(O)C(C2CC2)C2CC2)c1. The number of aromatic nitrogens is 1. The number of pyridine rings is 1. The Morgan fingerprint density at radius 2 is 1.94 bits per heavy atom. The molecule has 3 heteroatoms. The van der Waals surface area contributed by atoms with E-state index in [-0.39, 0.29) is 6.10 Å². The second-order valence-electron chi connectivity index (χ2n) is 5.58. The summed E-state index contributed by atoms with van der Waals surface area (Å²) in [6.07, 6.45) is 8.28. The minimum atomic E-state index is -0.363. The summed E-state index contributed by atoms with van der Waals surface area (Å²) in [5.41, 5.74) is 0.921. The maximum Gasteiger partial charge on any atom is 0.137 e. The molecule has 2 aliphatic carbocycles. The van der Waals surface area contributed by atoms with E-state index in [0.717, 1.165) is 23.1 Å². The quantitative estimate of drug-likeness (QED) is 0.840. The molecule has 0 spiro atoms. The van der Waals surface area contributed by atoms with Crippen LogP contribution in [0.15, 0.2) is 18.5 Å². The molecule has 0 radical (unpaired) electrons. The number of hydrogen-bond donors (Lipinski definition) is 1. The van der Waals surface area contributed by atoms with Crippen molar-refractivity contribution >= 4 is 0 Å². The number of hydrogen-bond acceptors (Lipinski definition) is 3. The standard InChI is InChI=1S/C15H21NO2/c1-2-18-13-7-12(8-16-9-13)15(17)14(10-3-4-10)11-5-6-11/h7-11,14-15,17H,2-6H2,1H3. The normalized spacial score (nSPS) is 21.1. The van der Waals surface area contributed by atoms with E-state index in [1.54, 1.807) is 12.4 Å². The van der Waals surface area contributed by atoms with Gasteiger partial charge in [-0.25, -0.2) is 0 Å². The van der Waals surface area contributed by atoms with E-state index in [2.05, 4.69) is 4.98 Å². The van der Waals surface area contributed by atoms with Gasteiger partial charge in [0.05, 0.1) is 18.9 Å². The molecule has 2 aliphatic rings. The van der Waals surface area contributed by atoms with Gasteiger partial charge in [-0.1, -0.05) is 0 Å². The van der Waals surface area contributed by atoms with Crippen LogP contribution in [-0.2, 0) is 0 Å². The van der Waals surface area contributed by atoms with Crippen molar-refractivity contribution in [3.8, 4) is 5.75 Å². The largest absolute Gasteiger partial charge is 0.492 e. The van der Waals surface area contributed by atoms with Crippen molar-refractivity contribution in [2.24, 2.45) is 17.8 Å². The maximum absolute atomic E-state index is 10.6. The Labute approximate surface area is 108 Å². The predicted molar refractivity (Wildman–Crippen MR) is 69.3 cm³/mol. The monoisotopic (exact) mass is 247 g/mol. The van der Waals surface area contributed by atoms with Crippen molar-refractivity contribution < 1.29 is 9.84 Å². The molecular weight excluding hydrogens is 226 g/mol. The van der Waals surface area contributed by atoms with E-state index >= 15 is 0 Å². The third kappa shape index (κ3) is 2.51. The zero-order valence-electron chi connectivity index (χ0n) is 10.9. The Bertz CT molecular complexity index is 401. The van der Waals surface area contributed by atoms with Gasteiger partial charge in [0.25, 0.3) is 0 Å². The van der Waals surface area contributed by atoms with E-state index in [1.807, 2.05) is 13.0 Å². The first-order chi connectivity index (χ1) is 8.79. The van der Waals surface area contributed by atoms with Crippen LogP contribution < -0.4 is 4.74 Å². The van der Waals surface area contributed by atoms with Crippen LogP contribution in [0, 0.1) is 17.8 Å². The summed E-state index contributed by atoms with van der Waals surface area (Å²) in [4.78, 5) is 4.18. The molecule has 0 amide bonds. The first kappa shape index (κ1) is 12.0. The van der Waals surface area contributed by atoms with Gasteiger partial charge in [0.1, 0.15) is 5.75 Å². The molecule has 0 bridgehead atoms. The van der Waals surface area contributed by atoms with Crippen LogP contribution >= 0.6 is 0 Å². The average Bonchev–Trinajstić information content (AvgIpc) is 3.25. The molecule has 0 saturated heterocycles. The van der Waals surface area contributed by atoms with Crippen LogP contribution in [0.2, 0.25) is 0 Å². The van der Waals surface area contributed by atoms with Gasteiger partial charge < -0.3 is 9.84 Å². The molecule has 98 valence electrons. The van der Waals surface area contributed by atoms with E-state index in [1.165, 1.54) is 25.7 Å². The molecule has 0 aliphatic heterocycles. The minimum absolute atomic E-state index is 0.363. The zero-order chi connectivity index (χ0) is 12.5. The fraction of sp³-hybridized carbons (Fsp3) is 0.667. The summed E-state index contributed by atoms with van der Waals surface area (Å²) in [7, 11) is 0. The van der Waals surface area contributed by atoms with Gasteiger partial charge in [0.2, 0.25) is 0 Å². The second-order valence-corrected chi connectivity index (χ2v) is 5.58. The van der Waals surface area contributed by atoms with Gasteiger partial charge in [0, 0.05) is 11.8 Å². The molecule has 3 nitrogen and oxygen atoms in total. The number of aliphatic hydroxyl groups is 1. The molecular formula is C15H21NO2. The minimum Gasteiger partial charge on any atom is -0.492 e. The van der Waals surface area contributed by atoms with Gasteiger partial charge in [0.15, 0.2) is 0 Å². The van der Waals surface area contributed by atoms with Crippen molar-refractivity contribution in [3.63, 3.8) is 0 Å². The number of aliphatic hydroxyl groups excluding tert-OH is 1. The topological polar surface area (TPSA) is 42.4 Å². The van der Waals surface area contributed by atoms with Crippen LogP contribution in [0.25, 0.3) is 0 Å². The lowest BCUT2D eigenvalue weighted by Gasteiger charge is -2.23. The van der Waals surface area contributed by atoms with Crippen molar-refractivity contribution in [2.75, 3.05) is 6.61 Å². The van der Waals surface area contributed by atoms with Gasteiger partial charge in [-0.2, -0.15) is 0 Å². The number of nitrogens with zero attached hydrogens (tertiary/aromatic N) is 1. The first-order valence-electron chi connectivity index (χ1n) is 7.05. The summed E-state index contributed by atoms with van der Waals surface area (Å²) < 4.78 is 5.46. The van der Waals surface area contributed by atoms with Crippen molar-refractivity contribution in [1.82, 2.24) is 4.98 Å². The van der Waals surface area contributed by atoms with Crippen LogP contribution in [0.3, 0.4) is 0 Å². The molecule has 1 aromatic heterocycles. The molecule has 3 rings (SSSR count). The Morgan fingerprint density at radius 1 is 1.28 bits per heavy atom. The Kier molecular flexibility index (Phi) is 3.25. The predicted octanol–water partition coefficient (Wildman–Crippen LogP) is 2.95. The van der Waals surface area contributed by atoms with E-state index in [9.17, 15) is 5.11 Å². The molecule has 18 heavy (non-hydrogen) atoms. The fourth-order valence-corrected chi connectivity index (χ4v) is 2.93. The third-order valence-corrected chi connectivity index (χ3v) is 4.08. The van der Waals surface area contributed by atoms with Crippen LogP contribution in [0.5, 0.6) is 5.75 Å². The number of ether oxygens (including phenoxy) is 1. The summed E-state index contributed by atoms with van der Waals surface area (Å²) in [5.74, 6) is 2.69. The molecule has 1 atom stereocenters. The maximum atomic E-state index is 10.6. The summed E-state index contributed by atoms with van der Waals surface area (Å²) >= 11 is 0. The zero-order valence-corrected chi connectivity index (χ0v) is 10.9. The Hall–Kier alpha value is -1.09. The first-order valence-corrected chi connectivity index (χ1v) is 7.05. The van der Waals surface area contributed by atoms with Crippen molar-refractivity contribution in [1.29, 1.82) is 0 Å². The average molecular weight is 247 g/mol. The number of rotatable bonds is 6. The molecule has 0 aromatic carbocycles. The molecule has 1 unspecified atom stereocenters. The molecule has 1 aromatic rings. The Balaban J connectivity index is 1.77. The summed E-state index contributed by atoms with van der Waals surface area (Å²) in [6.45, 7) is 2.59. The third-order valence-electron chi connectivity index (χ3n) is 4.08. The lowest BCUT2D eigenvalue weighted by molar-refractivity contribution is 0.0815. The fourth-order valence-electron chi connectivity index (χ4n) is 2.93. The second kappa shape index (κ2) is 4.88. The highest BCUT2D eigenvalue weighted by atomic mass is 16.5. The van der Waals surface area contributed by atoms with Gasteiger partial charge >= 0.3 is 0 Å². The van der Waals surface area contributed by atoms with Crippen molar-refractivity contribution in [3.05, 3.63) is 24.0 Å². The van der Waals surface area contributed by atoms with Crippen LogP contribution in [0.4, 0.5) is 0 Å². The molecule has 1 heterocycles. The van der Waals surface area contributed by atoms with E-state index < -0.39 is 0 Å². The highest BCUT2D eigenvalue weighted by Gasteiger charge is 2.45. The lowest BCUT2D eigenvalue weighted by atomic mass is 9.88. The molecule has 1 N–H and O–H groups in total. The highest BCUT2D eigenvalue weighted by Crippen LogP contribution is 2.54. The molecule has 2 saturated carbocycles. The van der Waals surface area contributed by atoms with Crippen LogP contribution in [-0.4, -0.2) is 16.7 Å². The van der Waals surface area contributed by atoms with Crippen molar-refractivity contribution in [2.45, 2.75) is 38.7 Å². The lowest BCUT2D eigenvalue weighted by Crippen LogP contribution is -2.17. The Morgan fingerprint density at radius 3 is 2.50 bits per heavy atom. The van der Waals surface area contributed by atoms with E-state index in [0.29, 0.717) is 12.5 Å². The molecule has 2 fully saturated rings. The van der Waals surface area contributed by atoms with Gasteiger partial charge in [-0.05, 0) is 56.4 Å². The van der Waals surface area contributed by atoms with E-state index in [4.69, 9.17) is 4.74 Å². The van der Waals surface area contributed by atoms with Gasteiger partial charge in [-0.15, -0.1) is 0 Å². The highest BCUT2D eigenvalue weighted by molar-refractivity contribution is 5.26. The smallest absolute Gasteiger partial charge is 0.137 e. The van der Waals surface area contributed by atoms with Gasteiger partial charge in [-0.3, -0.25) is 4.98 Å². The summed E-state index contributed by atoms with van der Waals surface area (Å²) in [5, 5.41) is 10.6. The summed E-state index contributed by atoms with van der Waals surface area (Å²) in [6, 6.07) is 1.94. The van der Waals surface area contributed by atoms with Crippen LogP contribution in [0.1, 0.15) is 44.3 Å².